The van der Waals surface area contributed by atoms with E-state index in [9.17, 15) is 9.59 Å². The van der Waals surface area contributed by atoms with Gasteiger partial charge < -0.3 is 9.80 Å². The van der Waals surface area contributed by atoms with Crippen molar-refractivity contribution >= 4 is 11.8 Å². The molecular weight excluding hydrogens is 218 g/mol. The maximum Gasteiger partial charge on any atom is 0.241 e. The number of nitrogens with one attached hydrogen (secondary N) is 1. The molecule has 0 atom stereocenters. The topological polar surface area (TPSA) is 52.7 Å². The van der Waals surface area contributed by atoms with Crippen LogP contribution in [0.1, 0.15) is 13.3 Å². The Kier molecular flexibility index (Phi) is 7.82. The lowest BCUT2D eigenvalue weighted by molar-refractivity contribution is -0.138. The summed E-state index contributed by atoms with van der Waals surface area (Å²) in [6.45, 7) is 3.20. The van der Waals surface area contributed by atoms with Crippen LogP contribution in [0.2, 0.25) is 0 Å². The first-order valence-electron chi connectivity index (χ1n) is 5.65. The molecule has 0 saturated carbocycles. The van der Waals surface area contributed by atoms with Gasteiger partial charge in [0.1, 0.15) is 0 Å². The van der Waals surface area contributed by atoms with E-state index in [2.05, 4.69) is 11.2 Å². The second-order valence-corrected chi connectivity index (χ2v) is 3.91. The van der Waals surface area contributed by atoms with Crippen molar-refractivity contribution in [2.75, 3.05) is 40.3 Å². The molecule has 0 aromatic carbocycles. The van der Waals surface area contributed by atoms with Crippen molar-refractivity contribution in [3.8, 4) is 12.3 Å². The highest BCUT2D eigenvalue weighted by molar-refractivity contribution is 5.85. The van der Waals surface area contributed by atoms with Crippen molar-refractivity contribution in [2.24, 2.45) is 0 Å². The van der Waals surface area contributed by atoms with E-state index in [4.69, 9.17) is 6.42 Å². The first-order chi connectivity index (χ1) is 8.02. The molecule has 0 aliphatic heterocycles. The normalized spacial score (nSPS) is 9.53. The first-order valence-corrected chi connectivity index (χ1v) is 5.65. The molecule has 0 spiro atoms. The third-order valence-corrected chi connectivity index (χ3v) is 2.17. The molecule has 0 heterocycles. The van der Waals surface area contributed by atoms with Crippen molar-refractivity contribution in [2.45, 2.75) is 13.3 Å². The molecule has 5 nitrogen and oxygen atoms in total. The molecule has 0 aliphatic carbocycles. The van der Waals surface area contributed by atoms with E-state index in [0.29, 0.717) is 13.1 Å². The summed E-state index contributed by atoms with van der Waals surface area (Å²) in [5.74, 6) is 2.22. The van der Waals surface area contributed by atoms with Gasteiger partial charge in [0.25, 0.3) is 0 Å². The number of amides is 2. The summed E-state index contributed by atoms with van der Waals surface area (Å²) < 4.78 is 0. The molecule has 5 heteroatoms. The number of likely N-dealkylation sites (N-methyl/N-ethyl adjacent to an activating group) is 1. The van der Waals surface area contributed by atoms with Crippen LogP contribution in [0.4, 0.5) is 0 Å². The first kappa shape index (κ1) is 15.5. The zero-order valence-corrected chi connectivity index (χ0v) is 10.8. The van der Waals surface area contributed by atoms with Gasteiger partial charge in [-0.05, 0) is 6.42 Å². The Morgan fingerprint density at radius 1 is 1.29 bits per heavy atom. The number of carbonyl (C=O) groups is 2. The van der Waals surface area contributed by atoms with Gasteiger partial charge in [-0.1, -0.05) is 12.8 Å². The zero-order chi connectivity index (χ0) is 13.3. The van der Waals surface area contributed by atoms with Gasteiger partial charge in [0.15, 0.2) is 0 Å². The molecule has 1 N–H and O–H groups in total. The van der Waals surface area contributed by atoms with Crippen molar-refractivity contribution in [1.29, 1.82) is 0 Å². The highest BCUT2D eigenvalue weighted by Gasteiger charge is 2.16. The molecule has 0 fully saturated rings. The van der Waals surface area contributed by atoms with Crippen molar-refractivity contribution in [1.82, 2.24) is 15.1 Å². The van der Waals surface area contributed by atoms with E-state index in [1.165, 1.54) is 4.90 Å². The van der Waals surface area contributed by atoms with Crippen LogP contribution >= 0.6 is 0 Å². The van der Waals surface area contributed by atoms with E-state index in [0.717, 1.165) is 6.42 Å². The fraction of sp³-hybridized carbons (Fsp3) is 0.667. The molecule has 96 valence electrons. The van der Waals surface area contributed by atoms with Crippen LogP contribution in [0.3, 0.4) is 0 Å². The maximum absolute atomic E-state index is 11.8. The van der Waals surface area contributed by atoms with Gasteiger partial charge in [0.2, 0.25) is 11.8 Å². The van der Waals surface area contributed by atoms with Gasteiger partial charge in [-0.15, -0.1) is 6.42 Å². The van der Waals surface area contributed by atoms with Crippen LogP contribution in [0.25, 0.3) is 0 Å². The summed E-state index contributed by atoms with van der Waals surface area (Å²) >= 11 is 0. The zero-order valence-electron chi connectivity index (χ0n) is 10.8. The summed E-state index contributed by atoms with van der Waals surface area (Å²) in [6.07, 6.45) is 5.89. The molecule has 0 radical (unpaired) electrons. The Balaban J connectivity index is 4.26. The number of terminal acetylenes is 1. The van der Waals surface area contributed by atoms with Gasteiger partial charge in [0, 0.05) is 20.6 Å². The highest BCUT2D eigenvalue weighted by Crippen LogP contribution is 1.94. The van der Waals surface area contributed by atoms with Crippen LogP contribution in [0, 0.1) is 12.3 Å². The van der Waals surface area contributed by atoms with Crippen molar-refractivity contribution in [3.63, 3.8) is 0 Å². The van der Waals surface area contributed by atoms with Gasteiger partial charge in [-0.2, -0.15) is 0 Å². The van der Waals surface area contributed by atoms with Gasteiger partial charge in [-0.3, -0.25) is 14.9 Å². The summed E-state index contributed by atoms with van der Waals surface area (Å²) in [6, 6.07) is 0. The number of rotatable bonds is 7. The molecule has 0 aromatic heterocycles. The van der Waals surface area contributed by atoms with Crippen molar-refractivity contribution < 1.29 is 9.59 Å². The highest BCUT2D eigenvalue weighted by atomic mass is 16.2. The molecule has 0 rings (SSSR count). The predicted octanol–water partition coefficient (Wildman–Crippen LogP) is -0.464. The Morgan fingerprint density at radius 3 is 2.41 bits per heavy atom. The van der Waals surface area contributed by atoms with E-state index in [-0.39, 0.29) is 24.9 Å². The van der Waals surface area contributed by atoms with Crippen LogP contribution in [-0.2, 0) is 9.59 Å². The van der Waals surface area contributed by atoms with Crippen LogP contribution in [-0.4, -0.2) is 61.9 Å². The summed E-state index contributed by atoms with van der Waals surface area (Å²) in [7, 11) is 3.35. The minimum absolute atomic E-state index is 0.0799. The van der Waals surface area contributed by atoms with E-state index in [1.807, 2.05) is 6.92 Å². The van der Waals surface area contributed by atoms with Crippen LogP contribution in [0.15, 0.2) is 0 Å². The van der Waals surface area contributed by atoms with Gasteiger partial charge in [0.05, 0.1) is 19.6 Å². The lowest BCUT2D eigenvalue weighted by atomic mass is 10.3. The van der Waals surface area contributed by atoms with Crippen molar-refractivity contribution in [3.05, 3.63) is 0 Å². The monoisotopic (exact) mass is 239 g/mol. The quantitative estimate of drug-likeness (QED) is 0.483. The average molecular weight is 239 g/mol. The molecule has 2 amide bonds. The maximum atomic E-state index is 11.8. The third-order valence-electron chi connectivity index (χ3n) is 2.17. The molecular formula is C12H21N3O2. The summed E-state index contributed by atoms with van der Waals surface area (Å²) in [5.41, 5.74) is 0. The Labute approximate surface area is 103 Å². The lowest BCUT2D eigenvalue weighted by Gasteiger charge is -2.23. The fourth-order valence-corrected chi connectivity index (χ4v) is 1.22. The Morgan fingerprint density at radius 2 is 1.94 bits per heavy atom. The number of carbonyl (C=O) groups excluding carboxylic acids is 2. The fourth-order valence-electron chi connectivity index (χ4n) is 1.22. The van der Waals surface area contributed by atoms with E-state index < -0.39 is 0 Å². The molecule has 17 heavy (non-hydrogen) atoms. The van der Waals surface area contributed by atoms with Crippen LogP contribution < -0.4 is 5.32 Å². The number of hydrogen-bond acceptors (Lipinski definition) is 3. The van der Waals surface area contributed by atoms with Gasteiger partial charge in [-0.25, -0.2) is 0 Å². The minimum Gasteiger partial charge on any atom is -0.347 e. The molecule has 0 unspecified atom stereocenters. The second kappa shape index (κ2) is 8.59. The average Bonchev–Trinajstić information content (AvgIpc) is 2.28. The van der Waals surface area contributed by atoms with E-state index >= 15 is 0 Å². The Bertz CT molecular complexity index is 295. The SMILES string of the molecule is C#CCNCC(=O)N(CCC)CC(=O)N(C)C. The molecule has 0 aromatic rings. The molecule has 0 aliphatic rings. The molecule has 0 bridgehead atoms. The Hall–Kier alpha value is -1.54. The van der Waals surface area contributed by atoms with E-state index in [1.54, 1.807) is 19.0 Å². The minimum atomic E-state index is -0.0997. The summed E-state index contributed by atoms with van der Waals surface area (Å²) in [4.78, 5) is 26.4. The van der Waals surface area contributed by atoms with Gasteiger partial charge >= 0.3 is 0 Å². The standard InChI is InChI=1S/C12H21N3O2/c1-5-7-13-9-11(16)15(8-6-2)10-12(17)14(3)4/h1,13H,6-10H2,2-4H3. The predicted molar refractivity (Wildman–Crippen MR) is 67.3 cm³/mol. The largest absolute Gasteiger partial charge is 0.347 e. The molecule has 0 saturated heterocycles. The number of nitrogens with zero attached hydrogens (tertiary/aromatic N) is 2. The summed E-state index contributed by atoms with van der Waals surface area (Å²) in [5, 5.41) is 2.82. The second-order valence-electron chi connectivity index (χ2n) is 3.91. The smallest absolute Gasteiger partial charge is 0.241 e. The lowest BCUT2D eigenvalue weighted by Crippen LogP contribution is -2.44. The third kappa shape index (κ3) is 6.59. The number of hydrogen-bond donors (Lipinski definition) is 1. The van der Waals surface area contributed by atoms with Crippen LogP contribution in [0.5, 0.6) is 0 Å².